The minimum absolute atomic E-state index is 0.346. The van der Waals surface area contributed by atoms with Crippen LogP contribution in [0.25, 0.3) is 0 Å². The number of halogens is 1. The van der Waals surface area contributed by atoms with Crippen LogP contribution in [0.1, 0.15) is 47.6 Å². The largest absolute Gasteiger partial charge is 0.387 e. The molecular weight excluding hydrogens is 329 g/mol. The van der Waals surface area contributed by atoms with Gasteiger partial charge in [0.1, 0.15) is 5.82 Å². The fourth-order valence-corrected chi connectivity index (χ4v) is 4.36. The molecule has 1 fully saturated rings. The smallest absolute Gasteiger partial charge is 0.129 e. The first kappa shape index (κ1) is 17.7. The van der Waals surface area contributed by atoms with Crippen LogP contribution in [0.5, 0.6) is 0 Å². The summed E-state index contributed by atoms with van der Waals surface area (Å²) in [6.45, 7) is 1.84. The van der Waals surface area contributed by atoms with Crippen LogP contribution in [-0.2, 0) is 18.4 Å². The molecule has 4 heteroatoms. The Morgan fingerprint density at radius 1 is 1.04 bits per heavy atom. The van der Waals surface area contributed by atoms with Crippen molar-refractivity contribution in [2.45, 2.75) is 43.8 Å². The van der Waals surface area contributed by atoms with Crippen molar-refractivity contribution in [1.29, 1.82) is 0 Å². The number of hydrogen-bond acceptors (Lipinski definition) is 3. The Hall–Kier alpha value is -1.75. The quantitative estimate of drug-likeness (QED) is 0.884. The Bertz CT molecular complexity index is 783. The monoisotopic (exact) mass is 355 g/mol. The number of hydrogen-bond donors (Lipinski definition) is 2. The van der Waals surface area contributed by atoms with E-state index in [1.54, 1.807) is 18.2 Å². The average Bonchev–Trinajstić information content (AvgIpc) is 3.12. The van der Waals surface area contributed by atoms with E-state index in [9.17, 15) is 14.6 Å². The number of piperidine rings is 1. The maximum absolute atomic E-state index is 14.0. The van der Waals surface area contributed by atoms with Crippen molar-refractivity contribution in [3.63, 3.8) is 0 Å². The van der Waals surface area contributed by atoms with Crippen molar-refractivity contribution in [2.24, 2.45) is 0 Å². The van der Waals surface area contributed by atoms with Gasteiger partial charge in [0, 0.05) is 25.2 Å². The Balaban J connectivity index is 1.38. The molecule has 0 bridgehead atoms. The van der Waals surface area contributed by atoms with E-state index < -0.39 is 11.7 Å². The topological polar surface area (TPSA) is 43.7 Å². The second-order valence-electron chi connectivity index (χ2n) is 7.71. The summed E-state index contributed by atoms with van der Waals surface area (Å²) in [5.41, 5.74) is 3.03. The van der Waals surface area contributed by atoms with E-state index in [0.29, 0.717) is 38.0 Å². The number of aliphatic hydroxyl groups excluding tert-OH is 1. The van der Waals surface area contributed by atoms with Gasteiger partial charge in [-0.25, -0.2) is 4.39 Å². The molecule has 3 nitrogen and oxygen atoms in total. The van der Waals surface area contributed by atoms with Gasteiger partial charge in [-0.3, -0.25) is 0 Å². The third kappa shape index (κ3) is 3.41. The molecule has 4 rings (SSSR count). The van der Waals surface area contributed by atoms with Crippen LogP contribution < -0.4 is 0 Å². The third-order valence-electron chi connectivity index (χ3n) is 6.00. The third-order valence-corrected chi connectivity index (χ3v) is 6.00. The fourth-order valence-electron chi connectivity index (χ4n) is 4.36. The lowest BCUT2D eigenvalue weighted by Gasteiger charge is -2.39. The first-order valence-electron chi connectivity index (χ1n) is 9.55. The van der Waals surface area contributed by atoms with Gasteiger partial charge in [-0.05, 0) is 54.9 Å². The number of fused-ring (bicyclic) bond motifs is 1. The lowest BCUT2D eigenvalue weighted by molar-refractivity contribution is -0.0367. The summed E-state index contributed by atoms with van der Waals surface area (Å²) in [6.07, 6.45) is 3.88. The Morgan fingerprint density at radius 2 is 1.77 bits per heavy atom. The number of aliphatic hydroxyl groups is 2. The second-order valence-corrected chi connectivity index (χ2v) is 7.71. The van der Waals surface area contributed by atoms with Gasteiger partial charge in [-0.15, -0.1) is 0 Å². The Kier molecular flexibility index (Phi) is 4.82. The van der Waals surface area contributed by atoms with Crippen LogP contribution >= 0.6 is 0 Å². The molecule has 1 atom stereocenters. The van der Waals surface area contributed by atoms with E-state index in [1.807, 2.05) is 6.07 Å². The van der Waals surface area contributed by atoms with Crippen molar-refractivity contribution in [2.75, 3.05) is 19.6 Å². The summed E-state index contributed by atoms with van der Waals surface area (Å²) in [4.78, 5) is 2.16. The summed E-state index contributed by atoms with van der Waals surface area (Å²) in [7, 11) is 0. The number of β-amino-alcohol motifs (C(OH)–C–C–N with tert-alkyl or cyclic N) is 1. The molecule has 0 aromatic heterocycles. The number of benzene rings is 2. The van der Waals surface area contributed by atoms with Gasteiger partial charge < -0.3 is 15.1 Å². The van der Waals surface area contributed by atoms with E-state index >= 15 is 0 Å². The lowest BCUT2D eigenvalue weighted by Crippen LogP contribution is -2.44. The fraction of sp³-hybridized carbons (Fsp3) is 0.455. The molecular formula is C22H26FNO2. The van der Waals surface area contributed by atoms with Gasteiger partial charge in [-0.1, -0.05) is 36.4 Å². The van der Waals surface area contributed by atoms with E-state index in [4.69, 9.17) is 0 Å². The van der Waals surface area contributed by atoms with Crippen LogP contribution in [0, 0.1) is 5.82 Å². The van der Waals surface area contributed by atoms with Gasteiger partial charge in [-0.2, -0.15) is 0 Å². The number of likely N-dealkylation sites (tertiary alicyclic amines) is 1. The molecule has 2 aromatic rings. The van der Waals surface area contributed by atoms with E-state index in [0.717, 1.165) is 18.4 Å². The van der Waals surface area contributed by atoms with Crippen LogP contribution in [0.2, 0.25) is 0 Å². The molecule has 26 heavy (non-hydrogen) atoms. The molecule has 1 heterocycles. The molecule has 0 amide bonds. The van der Waals surface area contributed by atoms with Crippen LogP contribution in [0.3, 0.4) is 0 Å². The van der Waals surface area contributed by atoms with Crippen LogP contribution in [0.4, 0.5) is 4.39 Å². The van der Waals surface area contributed by atoms with Crippen LogP contribution in [-0.4, -0.2) is 34.7 Å². The second kappa shape index (κ2) is 7.10. The minimum Gasteiger partial charge on any atom is -0.387 e. The van der Waals surface area contributed by atoms with Gasteiger partial charge >= 0.3 is 0 Å². The normalized spacial score (nSPS) is 20.7. The standard InChI is InChI=1S/C22H26FNO2/c23-20-7-2-1-6-19(20)22(26)10-12-24(13-11-22)15-21(25)18-9-8-16-4-3-5-17(16)14-18/h1-2,6-9,14,21,25-26H,3-5,10-13,15H2/t21-/m1/s1. The Morgan fingerprint density at radius 3 is 2.54 bits per heavy atom. The van der Waals surface area contributed by atoms with Crippen molar-refractivity contribution in [1.82, 2.24) is 4.90 Å². The molecule has 0 radical (unpaired) electrons. The summed E-state index contributed by atoms with van der Waals surface area (Å²) >= 11 is 0. The molecule has 2 N–H and O–H groups in total. The zero-order valence-electron chi connectivity index (χ0n) is 15.0. The van der Waals surface area contributed by atoms with Crippen LogP contribution in [0.15, 0.2) is 42.5 Å². The van der Waals surface area contributed by atoms with Crippen molar-refractivity contribution >= 4 is 0 Å². The predicted molar refractivity (Wildman–Crippen MR) is 99.4 cm³/mol. The van der Waals surface area contributed by atoms with E-state index in [-0.39, 0.29) is 5.82 Å². The maximum atomic E-state index is 14.0. The van der Waals surface area contributed by atoms with Gasteiger partial charge in [0.25, 0.3) is 0 Å². The average molecular weight is 355 g/mol. The zero-order valence-corrected chi connectivity index (χ0v) is 15.0. The van der Waals surface area contributed by atoms with Gasteiger partial charge in [0.05, 0.1) is 11.7 Å². The highest BCUT2D eigenvalue weighted by Gasteiger charge is 2.36. The lowest BCUT2D eigenvalue weighted by atomic mass is 9.84. The molecule has 2 aliphatic rings. The van der Waals surface area contributed by atoms with Crippen molar-refractivity contribution < 1.29 is 14.6 Å². The molecule has 138 valence electrons. The molecule has 0 spiro atoms. The first-order chi connectivity index (χ1) is 12.5. The highest BCUT2D eigenvalue weighted by Crippen LogP contribution is 2.35. The molecule has 2 aromatic carbocycles. The maximum Gasteiger partial charge on any atom is 0.129 e. The molecule has 0 unspecified atom stereocenters. The Labute approximate surface area is 154 Å². The summed E-state index contributed by atoms with van der Waals surface area (Å²) < 4.78 is 14.0. The predicted octanol–water partition coefficient (Wildman–Crippen LogP) is 3.33. The summed E-state index contributed by atoms with van der Waals surface area (Å²) in [5.74, 6) is -0.346. The number of rotatable bonds is 4. The number of nitrogens with zero attached hydrogens (tertiary/aromatic N) is 1. The van der Waals surface area contributed by atoms with E-state index in [1.165, 1.54) is 23.6 Å². The zero-order chi connectivity index (χ0) is 18.1. The summed E-state index contributed by atoms with van der Waals surface area (Å²) in [6, 6.07) is 12.8. The van der Waals surface area contributed by atoms with Crippen molar-refractivity contribution in [3.8, 4) is 0 Å². The first-order valence-corrected chi connectivity index (χ1v) is 9.55. The highest BCUT2D eigenvalue weighted by atomic mass is 19.1. The van der Waals surface area contributed by atoms with Gasteiger partial charge in [0.15, 0.2) is 0 Å². The van der Waals surface area contributed by atoms with Crippen molar-refractivity contribution in [3.05, 3.63) is 70.5 Å². The molecule has 1 saturated heterocycles. The summed E-state index contributed by atoms with van der Waals surface area (Å²) in [5, 5.41) is 21.5. The SMILES string of the molecule is O[C@H](CN1CCC(O)(c2ccccc2F)CC1)c1ccc2c(c1)CCC2. The minimum atomic E-state index is -1.11. The molecule has 1 aliphatic carbocycles. The van der Waals surface area contributed by atoms with E-state index in [2.05, 4.69) is 17.0 Å². The highest BCUT2D eigenvalue weighted by molar-refractivity contribution is 5.36. The molecule has 0 saturated carbocycles. The number of aryl methyl sites for hydroxylation is 2. The molecule has 1 aliphatic heterocycles. The van der Waals surface area contributed by atoms with Gasteiger partial charge in [0.2, 0.25) is 0 Å².